The van der Waals surface area contributed by atoms with Gasteiger partial charge in [-0.25, -0.2) is 4.98 Å². The summed E-state index contributed by atoms with van der Waals surface area (Å²) in [5.41, 5.74) is 0. The van der Waals surface area contributed by atoms with E-state index in [2.05, 4.69) is 24.1 Å². The molecule has 1 aromatic rings. The second-order valence-electron chi connectivity index (χ2n) is 4.38. The van der Waals surface area contributed by atoms with Gasteiger partial charge in [-0.2, -0.15) is 0 Å². The van der Waals surface area contributed by atoms with E-state index in [1.54, 1.807) is 11.3 Å². The normalized spacial score (nSPS) is 12.9. The minimum Gasteiger partial charge on any atom is -0.314 e. The predicted molar refractivity (Wildman–Crippen MR) is 72.0 cm³/mol. The summed E-state index contributed by atoms with van der Waals surface area (Å²) >= 11 is 1.75. The second-order valence-corrected chi connectivity index (χ2v) is 5.36. The molecule has 0 aliphatic rings. The molecule has 3 heteroatoms. The third kappa shape index (κ3) is 6.23. The van der Waals surface area contributed by atoms with E-state index in [-0.39, 0.29) is 0 Å². The smallest absolute Gasteiger partial charge is 0.0937 e. The fourth-order valence-corrected chi connectivity index (χ4v) is 2.40. The molecule has 0 spiro atoms. The lowest BCUT2D eigenvalue weighted by Gasteiger charge is -2.12. The van der Waals surface area contributed by atoms with Gasteiger partial charge in [-0.3, -0.25) is 0 Å². The molecule has 1 unspecified atom stereocenters. The molecule has 0 bridgehead atoms. The molecule has 0 saturated heterocycles. The van der Waals surface area contributed by atoms with E-state index in [0.29, 0.717) is 6.04 Å². The highest BCUT2D eigenvalue weighted by Crippen LogP contribution is 2.06. The number of hydrogen-bond acceptors (Lipinski definition) is 3. The summed E-state index contributed by atoms with van der Waals surface area (Å²) in [4.78, 5) is 4.28. The SMILES string of the molecule is CCCCCCC(C)NCCc1nccs1. The highest BCUT2D eigenvalue weighted by molar-refractivity contribution is 7.09. The second kappa shape index (κ2) is 8.71. The van der Waals surface area contributed by atoms with Crippen molar-refractivity contribution in [3.05, 3.63) is 16.6 Å². The molecular formula is C13H24N2S. The molecule has 2 nitrogen and oxygen atoms in total. The van der Waals surface area contributed by atoms with Gasteiger partial charge >= 0.3 is 0 Å². The number of aromatic nitrogens is 1. The third-order valence-corrected chi connectivity index (χ3v) is 3.65. The van der Waals surface area contributed by atoms with Crippen molar-refractivity contribution >= 4 is 11.3 Å². The van der Waals surface area contributed by atoms with Gasteiger partial charge in [0.05, 0.1) is 5.01 Å². The molecule has 1 aromatic heterocycles. The zero-order valence-corrected chi connectivity index (χ0v) is 11.4. The van der Waals surface area contributed by atoms with Crippen molar-refractivity contribution in [2.24, 2.45) is 0 Å². The van der Waals surface area contributed by atoms with E-state index in [1.807, 2.05) is 11.6 Å². The maximum absolute atomic E-state index is 4.28. The van der Waals surface area contributed by atoms with Crippen LogP contribution in [0.15, 0.2) is 11.6 Å². The van der Waals surface area contributed by atoms with Crippen LogP contribution >= 0.6 is 11.3 Å². The van der Waals surface area contributed by atoms with Gasteiger partial charge < -0.3 is 5.32 Å². The molecule has 0 amide bonds. The zero-order chi connectivity index (χ0) is 11.6. The van der Waals surface area contributed by atoms with Gasteiger partial charge in [0, 0.05) is 30.6 Å². The van der Waals surface area contributed by atoms with E-state index >= 15 is 0 Å². The fraction of sp³-hybridized carbons (Fsp3) is 0.769. The van der Waals surface area contributed by atoms with E-state index in [0.717, 1.165) is 13.0 Å². The molecule has 1 N–H and O–H groups in total. The summed E-state index contributed by atoms with van der Waals surface area (Å²) in [6.07, 6.45) is 9.70. The predicted octanol–water partition coefficient (Wildman–Crippen LogP) is 3.63. The van der Waals surface area contributed by atoms with Crippen LogP contribution < -0.4 is 5.32 Å². The summed E-state index contributed by atoms with van der Waals surface area (Å²) < 4.78 is 0. The number of rotatable bonds is 9. The van der Waals surface area contributed by atoms with Crippen molar-refractivity contribution in [3.63, 3.8) is 0 Å². The first-order chi connectivity index (χ1) is 7.83. The van der Waals surface area contributed by atoms with Crippen LogP contribution in [0.2, 0.25) is 0 Å². The Morgan fingerprint density at radius 2 is 2.25 bits per heavy atom. The van der Waals surface area contributed by atoms with Crippen LogP contribution in [0.1, 0.15) is 51.0 Å². The molecule has 0 aliphatic heterocycles. The molecule has 92 valence electrons. The summed E-state index contributed by atoms with van der Waals surface area (Å²) in [5.74, 6) is 0. The summed E-state index contributed by atoms with van der Waals surface area (Å²) in [6.45, 7) is 5.60. The quantitative estimate of drug-likeness (QED) is 0.667. The summed E-state index contributed by atoms with van der Waals surface area (Å²) in [6, 6.07) is 0.650. The van der Waals surface area contributed by atoms with Crippen LogP contribution in [0.3, 0.4) is 0 Å². The topological polar surface area (TPSA) is 24.9 Å². The van der Waals surface area contributed by atoms with E-state index in [4.69, 9.17) is 0 Å². The highest BCUT2D eigenvalue weighted by Gasteiger charge is 2.01. The third-order valence-electron chi connectivity index (χ3n) is 2.81. The molecular weight excluding hydrogens is 216 g/mol. The zero-order valence-electron chi connectivity index (χ0n) is 10.5. The van der Waals surface area contributed by atoms with Crippen LogP contribution in [0, 0.1) is 0 Å². The van der Waals surface area contributed by atoms with E-state index < -0.39 is 0 Å². The Labute approximate surface area is 103 Å². The molecule has 0 fully saturated rings. The number of hydrogen-bond donors (Lipinski definition) is 1. The molecule has 0 radical (unpaired) electrons. The minimum absolute atomic E-state index is 0.650. The number of thiazole rings is 1. The summed E-state index contributed by atoms with van der Waals surface area (Å²) in [5, 5.41) is 6.85. The van der Waals surface area contributed by atoms with Crippen molar-refractivity contribution in [1.82, 2.24) is 10.3 Å². The maximum atomic E-state index is 4.28. The van der Waals surface area contributed by atoms with Crippen LogP contribution in [-0.4, -0.2) is 17.6 Å². The number of nitrogens with zero attached hydrogens (tertiary/aromatic N) is 1. The van der Waals surface area contributed by atoms with Crippen molar-refractivity contribution in [2.75, 3.05) is 6.54 Å². The number of nitrogens with one attached hydrogen (secondary N) is 1. The van der Waals surface area contributed by atoms with Crippen molar-refractivity contribution in [3.8, 4) is 0 Å². The monoisotopic (exact) mass is 240 g/mol. The Kier molecular flexibility index (Phi) is 7.43. The molecule has 16 heavy (non-hydrogen) atoms. The first kappa shape index (κ1) is 13.7. The van der Waals surface area contributed by atoms with Gasteiger partial charge in [0.15, 0.2) is 0 Å². The Bertz CT molecular complexity index is 246. The van der Waals surface area contributed by atoms with Crippen molar-refractivity contribution in [2.45, 2.75) is 58.4 Å². The van der Waals surface area contributed by atoms with E-state index in [9.17, 15) is 0 Å². The Hall–Kier alpha value is -0.410. The lowest BCUT2D eigenvalue weighted by atomic mass is 10.1. The van der Waals surface area contributed by atoms with Gasteiger partial charge in [0.2, 0.25) is 0 Å². The fourth-order valence-electron chi connectivity index (χ4n) is 1.78. The molecule has 1 heterocycles. The minimum atomic E-state index is 0.650. The lowest BCUT2D eigenvalue weighted by Crippen LogP contribution is -2.27. The Morgan fingerprint density at radius 3 is 2.94 bits per heavy atom. The van der Waals surface area contributed by atoms with Crippen molar-refractivity contribution < 1.29 is 0 Å². The van der Waals surface area contributed by atoms with Crippen LogP contribution in [0.4, 0.5) is 0 Å². The largest absolute Gasteiger partial charge is 0.314 e. The van der Waals surface area contributed by atoms with Gasteiger partial charge in [0.1, 0.15) is 0 Å². The number of unbranched alkanes of at least 4 members (excludes halogenated alkanes) is 3. The molecule has 0 aliphatic carbocycles. The molecule has 0 saturated carbocycles. The average molecular weight is 240 g/mol. The van der Waals surface area contributed by atoms with Gasteiger partial charge in [-0.1, -0.05) is 32.6 Å². The average Bonchev–Trinajstić information content (AvgIpc) is 2.77. The highest BCUT2D eigenvalue weighted by atomic mass is 32.1. The molecule has 1 rings (SSSR count). The Morgan fingerprint density at radius 1 is 1.38 bits per heavy atom. The first-order valence-corrected chi connectivity index (χ1v) is 7.32. The van der Waals surface area contributed by atoms with Gasteiger partial charge in [0.25, 0.3) is 0 Å². The van der Waals surface area contributed by atoms with Crippen LogP contribution in [-0.2, 0) is 6.42 Å². The van der Waals surface area contributed by atoms with Gasteiger partial charge in [-0.05, 0) is 13.3 Å². The van der Waals surface area contributed by atoms with Crippen LogP contribution in [0.25, 0.3) is 0 Å². The molecule has 0 aromatic carbocycles. The lowest BCUT2D eigenvalue weighted by molar-refractivity contribution is 0.486. The Balaban J connectivity index is 1.95. The van der Waals surface area contributed by atoms with Crippen LogP contribution in [0.5, 0.6) is 0 Å². The summed E-state index contributed by atoms with van der Waals surface area (Å²) in [7, 11) is 0. The van der Waals surface area contributed by atoms with Crippen molar-refractivity contribution in [1.29, 1.82) is 0 Å². The van der Waals surface area contributed by atoms with Gasteiger partial charge in [-0.15, -0.1) is 11.3 Å². The first-order valence-electron chi connectivity index (χ1n) is 6.44. The standard InChI is InChI=1S/C13H24N2S/c1-3-4-5-6-7-12(2)14-9-8-13-15-10-11-16-13/h10-12,14H,3-9H2,1-2H3. The maximum Gasteiger partial charge on any atom is 0.0937 e. The molecule has 1 atom stereocenters. The van der Waals surface area contributed by atoms with E-state index in [1.165, 1.54) is 37.1 Å².